The topological polar surface area (TPSA) is 134 Å². The van der Waals surface area contributed by atoms with Crippen molar-refractivity contribution in [2.75, 3.05) is 32.7 Å². The van der Waals surface area contributed by atoms with Crippen molar-refractivity contribution in [3.63, 3.8) is 0 Å². The summed E-state index contributed by atoms with van der Waals surface area (Å²) in [5.74, 6) is -0.716. The molecule has 0 aromatic heterocycles. The van der Waals surface area contributed by atoms with E-state index in [0.717, 1.165) is 4.90 Å². The van der Waals surface area contributed by atoms with Crippen molar-refractivity contribution >= 4 is 41.7 Å². The highest BCUT2D eigenvalue weighted by Crippen LogP contribution is 2.05. The predicted molar refractivity (Wildman–Crippen MR) is 115 cm³/mol. The molecular weight excluding hydrogens is 412 g/mol. The van der Waals surface area contributed by atoms with Gasteiger partial charge in [0.05, 0.1) is 6.67 Å². The Morgan fingerprint density at radius 3 is 2.37 bits per heavy atom. The molecule has 172 valence electrons. The van der Waals surface area contributed by atoms with Crippen LogP contribution >= 0.6 is 11.8 Å². The highest BCUT2D eigenvalue weighted by atomic mass is 32.2. The van der Waals surface area contributed by atoms with Gasteiger partial charge in [0.2, 0.25) is 11.8 Å². The maximum atomic E-state index is 12.3. The van der Waals surface area contributed by atoms with Gasteiger partial charge in [-0.2, -0.15) is 0 Å². The molecule has 1 unspecified atom stereocenters. The molecule has 0 fully saturated rings. The lowest BCUT2D eigenvalue weighted by molar-refractivity contribution is -0.129. The van der Waals surface area contributed by atoms with E-state index < -0.39 is 11.5 Å². The van der Waals surface area contributed by atoms with E-state index in [1.807, 2.05) is 20.8 Å². The molecule has 0 rings (SSSR count). The van der Waals surface area contributed by atoms with Gasteiger partial charge >= 0.3 is 6.03 Å². The molecule has 0 spiro atoms. The largest absolute Gasteiger partial charge is 0.340 e. The summed E-state index contributed by atoms with van der Waals surface area (Å²) in [7, 11) is 0. The summed E-state index contributed by atoms with van der Waals surface area (Å²) in [6.07, 6.45) is 2.65. The van der Waals surface area contributed by atoms with Crippen LogP contribution in [0.3, 0.4) is 0 Å². The van der Waals surface area contributed by atoms with E-state index in [1.54, 1.807) is 6.26 Å². The van der Waals surface area contributed by atoms with Crippen LogP contribution in [0, 0.1) is 5.92 Å². The second-order valence-corrected chi connectivity index (χ2v) is 7.79. The first-order valence-corrected chi connectivity index (χ1v) is 11.2. The highest BCUT2D eigenvalue weighted by molar-refractivity contribution is 7.99. The number of nitrogens with zero attached hydrogens (tertiary/aromatic N) is 1. The van der Waals surface area contributed by atoms with Crippen LogP contribution in [0.2, 0.25) is 0 Å². The molecule has 30 heavy (non-hydrogen) atoms. The third-order valence-electron chi connectivity index (χ3n) is 3.82. The number of hydrogen-bond donors (Lipinski definition) is 3. The van der Waals surface area contributed by atoms with E-state index in [4.69, 9.17) is 4.74 Å². The molecule has 0 saturated heterocycles. The number of ether oxygens (including phenoxy) is 1. The fourth-order valence-corrected chi connectivity index (χ4v) is 2.51. The third kappa shape index (κ3) is 13.3. The number of ketones is 1. The number of amides is 4. The Hall–Kier alpha value is -1.98. The second kappa shape index (κ2) is 16.8. The molecular formula is C19H34N4O6S. The zero-order valence-corrected chi connectivity index (χ0v) is 19.0. The average Bonchev–Trinajstić information content (AvgIpc) is 2.69. The predicted octanol–water partition coefficient (Wildman–Crippen LogP) is 0.855. The van der Waals surface area contributed by atoms with Gasteiger partial charge in [-0.05, 0) is 18.7 Å². The first-order valence-electron chi connectivity index (χ1n) is 9.92. The first kappa shape index (κ1) is 28.0. The number of carbonyl (C=O) groups is 5. The Labute approximate surface area is 182 Å². The zero-order chi connectivity index (χ0) is 22.9. The number of Topliss-reactive ketones (excluding diaryl/α,β-unsaturated/α-hetero) is 1. The number of carbonyl (C=O) groups excluding carboxylic acids is 5. The lowest BCUT2D eigenvalue weighted by atomic mass is 10.1. The van der Waals surface area contributed by atoms with Gasteiger partial charge in [-0.3, -0.25) is 29.4 Å². The van der Waals surface area contributed by atoms with Crippen LogP contribution in [0.1, 0.15) is 46.5 Å². The fourth-order valence-electron chi connectivity index (χ4n) is 2.19. The second-order valence-electron chi connectivity index (χ2n) is 6.85. The minimum absolute atomic E-state index is 0.0133. The van der Waals surface area contributed by atoms with Gasteiger partial charge in [0, 0.05) is 32.2 Å². The summed E-state index contributed by atoms with van der Waals surface area (Å²) in [6.45, 7) is 6.33. The van der Waals surface area contributed by atoms with E-state index in [9.17, 15) is 24.0 Å². The van der Waals surface area contributed by atoms with Crippen molar-refractivity contribution in [2.24, 2.45) is 5.92 Å². The van der Waals surface area contributed by atoms with Crippen LogP contribution in [0.5, 0.6) is 0 Å². The number of hydrogen-bond acceptors (Lipinski definition) is 8. The van der Waals surface area contributed by atoms with Gasteiger partial charge in [-0.15, -0.1) is 11.8 Å². The number of urea groups is 1. The van der Waals surface area contributed by atoms with Crippen LogP contribution in [0.25, 0.3) is 0 Å². The van der Waals surface area contributed by atoms with Crippen molar-refractivity contribution in [3.8, 4) is 0 Å². The van der Waals surface area contributed by atoms with Gasteiger partial charge in [-0.25, -0.2) is 4.79 Å². The quantitative estimate of drug-likeness (QED) is 0.235. The summed E-state index contributed by atoms with van der Waals surface area (Å²) in [5, 5.41) is 7.99. The van der Waals surface area contributed by atoms with Crippen LogP contribution in [-0.4, -0.2) is 73.0 Å². The molecule has 0 aliphatic heterocycles. The molecule has 11 heteroatoms. The van der Waals surface area contributed by atoms with Gasteiger partial charge in [0.25, 0.3) is 0 Å². The van der Waals surface area contributed by atoms with Gasteiger partial charge in [0.15, 0.2) is 11.7 Å². The van der Waals surface area contributed by atoms with Crippen LogP contribution < -0.4 is 16.0 Å². The Morgan fingerprint density at radius 2 is 1.80 bits per heavy atom. The minimum Gasteiger partial charge on any atom is -0.340 e. The molecule has 0 aromatic carbocycles. The smallest absolute Gasteiger partial charge is 0.325 e. The molecule has 0 aliphatic carbocycles. The molecule has 1 atom stereocenters. The first-order chi connectivity index (χ1) is 14.2. The molecule has 0 aromatic rings. The average molecular weight is 447 g/mol. The summed E-state index contributed by atoms with van der Waals surface area (Å²) in [6, 6.07) is -0.553. The van der Waals surface area contributed by atoms with Crippen molar-refractivity contribution in [1.29, 1.82) is 0 Å². The lowest BCUT2D eigenvalue weighted by Gasteiger charge is -2.22. The lowest BCUT2D eigenvalue weighted by Crippen LogP contribution is -2.48. The van der Waals surface area contributed by atoms with Crippen LogP contribution in [0.4, 0.5) is 4.79 Å². The molecule has 0 radical (unpaired) electrons. The van der Waals surface area contributed by atoms with E-state index in [0.29, 0.717) is 12.8 Å². The van der Waals surface area contributed by atoms with Crippen LogP contribution in [-0.2, 0) is 23.9 Å². The summed E-state index contributed by atoms with van der Waals surface area (Å²) >= 11 is 1.20. The SMILES string of the molecule is CCNCN(C(=O)CC(C)C)C(=O)NCCC(=O)CCC(=O)NCOC(C=O)SC. The van der Waals surface area contributed by atoms with Crippen molar-refractivity contribution in [1.82, 2.24) is 20.9 Å². The zero-order valence-electron chi connectivity index (χ0n) is 18.2. The Morgan fingerprint density at radius 1 is 1.10 bits per heavy atom. The molecule has 0 saturated carbocycles. The van der Waals surface area contributed by atoms with E-state index in [1.165, 1.54) is 11.8 Å². The highest BCUT2D eigenvalue weighted by Gasteiger charge is 2.21. The van der Waals surface area contributed by atoms with E-state index in [-0.39, 0.29) is 69.1 Å². The Kier molecular flexibility index (Phi) is 15.7. The van der Waals surface area contributed by atoms with Gasteiger partial charge in [0.1, 0.15) is 12.5 Å². The normalized spacial score (nSPS) is 11.6. The summed E-state index contributed by atoms with van der Waals surface area (Å²) < 4.78 is 5.10. The van der Waals surface area contributed by atoms with Crippen LogP contribution in [0.15, 0.2) is 0 Å². The maximum Gasteiger partial charge on any atom is 0.325 e. The standard InChI is InChI=1S/C19H34N4O6S/c1-5-20-12-23(17(27)10-14(2)3)19(28)21-9-8-15(25)6-7-16(26)22-13-29-18(11-24)30-4/h11,14,18,20H,5-10,12-13H2,1-4H3,(H,21,28)(H,22,26). The Bertz CT molecular complexity index is 573. The molecule has 0 heterocycles. The number of rotatable bonds is 16. The van der Waals surface area contributed by atoms with E-state index >= 15 is 0 Å². The number of nitrogens with one attached hydrogen (secondary N) is 3. The maximum absolute atomic E-state index is 12.3. The summed E-state index contributed by atoms with van der Waals surface area (Å²) in [5.41, 5.74) is -0.643. The Balaban J connectivity index is 4.21. The van der Waals surface area contributed by atoms with Gasteiger partial charge < -0.3 is 15.4 Å². The van der Waals surface area contributed by atoms with Crippen molar-refractivity contribution < 1.29 is 28.7 Å². The van der Waals surface area contributed by atoms with E-state index in [2.05, 4.69) is 16.0 Å². The van der Waals surface area contributed by atoms with Gasteiger partial charge in [-0.1, -0.05) is 20.8 Å². The molecule has 4 amide bonds. The number of thioether (sulfide) groups is 1. The fraction of sp³-hybridized carbons (Fsp3) is 0.737. The van der Waals surface area contributed by atoms with Crippen molar-refractivity contribution in [2.45, 2.75) is 51.9 Å². The summed E-state index contributed by atoms with van der Waals surface area (Å²) in [4.78, 5) is 59.8. The molecule has 0 bridgehead atoms. The third-order valence-corrected chi connectivity index (χ3v) is 4.53. The molecule has 10 nitrogen and oxygen atoms in total. The number of aldehydes is 1. The number of imide groups is 1. The molecule has 0 aliphatic rings. The van der Waals surface area contributed by atoms with Crippen molar-refractivity contribution in [3.05, 3.63) is 0 Å². The monoisotopic (exact) mass is 446 g/mol. The molecule has 3 N–H and O–H groups in total. The minimum atomic E-state index is -0.643.